The number of allylic oxidation sites excluding steroid dienone is 4. The third-order valence-corrected chi connectivity index (χ3v) is 13.2. The van der Waals surface area contributed by atoms with Gasteiger partial charge in [0.15, 0.2) is 12.6 Å². The van der Waals surface area contributed by atoms with Crippen molar-refractivity contribution in [2.75, 3.05) is 19.8 Å². The van der Waals surface area contributed by atoms with E-state index in [2.05, 4.69) is 43.5 Å². The maximum atomic E-state index is 13.2. The Morgan fingerprint density at radius 3 is 1.55 bits per heavy atom. The summed E-state index contributed by atoms with van der Waals surface area (Å²) in [5, 5.41) is 87.0. The van der Waals surface area contributed by atoms with E-state index in [4.69, 9.17) is 18.9 Å². The smallest absolute Gasteiger partial charge is 0.220 e. The fourth-order valence-electron chi connectivity index (χ4n) is 8.80. The van der Waals surface area contributed by atoms with Gasteiger partial charge in [-0.3, -0.25) is 4.79 Å². The lowest BCUT2D eigenvalue weighted by atomic mass is 9.97. The van der Waals surface area contributed by atoms with Gasteiger partial charge >= 0.3 is 0 Å². The molecular weight excluding hydrogens is 847 g/mol. The predicted octanol–water partition coefficient (Wildman–Crippen LogP) is 7.33. The Bertz CT molecular complexity index is 1210. The number of hydrogen-bond donors (Lipinski definition) is 9. The highest BCUT2D eigenvalue weighted by Gasteiger charge is 2.51. The summed E-state index contributed by atoms with van der Waals surface area (Å²) in [6.07, 6.45) is 26.0. The molecule has 2 aliphatic rings. The van der Waals surface area contributed by atoms with Crippen LogP contribution < -0.4 is 5.32 Å². The van der Waals surface area contributed by atoms with Gasteiger partial charge in [-0.15, -0.1) is 0 Å². The zero-order valence-corrected chi connectivity index (χ0v) is 41.2. The van der Waals surface area contributed by atoms with Crippen molar-refractivity contribution in [3.05, 3.63) is 24.3 Å². The van der Waals surface area contributed by atoms with Crippen molar-refractivity contribution in [3.63, 3.8) is 0 Å². The number of aliphatic hydroxyl groups excluding tert-OH is 8. The summed E-state index contributed by atoms with van der Waals surface area (Å²) in [6.45, 7) is 2.82. The number of amides is 1. The van der Waals surface area contributed by atoms with Crippen LogP contribution in [0.3, 0.4) is 0 Å². The Morgan fingerprint density at radius 2 is 1.00 bits per heavy atom. The molecular formula is C52H97NO13. The number of aliphatic hydroxyl groups is 8. The molecule has 66 heavy (non-hydrogen) atoms. The summed E-state index contributed by atoms with van der Waals surface area (Å²) in [6, 6.07) is -0.833. The minimum Gasteiger partial charge on any atom is -0.394 e. The molecule has 1 amide bonds. The van der Waals surface area contributed by atoms with E-state index in [0.717, 1.165) is 70.6 Å². The molecule has 12 unspecified atom stereocenters. The Morgan fingerprint density at radius 1 is 0.545 bits per heavy atom. The van der Waals surface area contributed by atoms with Crippen molar-refractivity contribution in [1.29, 1.82) is 0 Å². The van der Waals surface area contributed by atoms with Crippen LogP contribution >= 0.6 is 0 Å². The van der Waals surface area contributed by atoms with Gasteiger partial charge in [-0.25, -0.2) is 0 Å². The quantitative estimate of drug-likeness (QED) is 0.0216. The fraction of sp³-hybridized carbons (Fsp3) is 0.904. The molecule has 14 heteroatoms. The third-order valence-electron chi connectivity index (χ3n) is 13.2. The molecule has 0 saturated carbocycles. The summed E-state index contributed by atoms with van der Waals surface area (Å²) in [5.74, 6) is -0.220. The second-order valence-corrected chi connectivity index (χ2v) is 19.0. The zero-order valence-electron chi connectivity index (χ0n) is 41.2. The molecule has 14 nitrogen and oxygen atoms in total. The minimum absolute atomic E-state index is 0.220. The standard InChI is InChI=1S/C52H97NO13/c1-3-5-7-9-11-13-15-17-19-20-22-23-25-27-29-31-33-35-41(56)40(53-44(57)36-34-32-30-28-26-24-21-18-16-14-12-10-8-6-4-2)39-63-51-49(62)47(60)50(43(38-55)65-51)66-52-48(61)46(59)45(58)42(37-54)64-52/h12,14,18,21,40-43,45-52,54-56,58-62H,3-11,13,15-17,19-20,22-39H2,1-2H3,(H,53,57)/b14-12-,21-18-. The van der Waals surface area contributed by atoms with Gasteiger partial charge in [0.05, 0.1) is 32.0 Å². The van der Waals surface area contributed by atoms with Crippen molar-refractivity contribution in [1.82, 2.24) is 5.32 Å². The molecule has 0 bridgehead atoms. The highest BCUT2D eigenvalue weighted by molar-refractivity contribution is 5.76. The SMILES string of the molecule is CCCCC/C=C\C/C=C\CCCCCCCC(=O)NC(COC1OC(CO)C(OC2OC(CO)C(O)C(O)C2O)C(O)C1O)C(O)CCCCCCCCCCCCCCCCCCC. The van der Waals surface area contributed by atoms with Crippen LogP contribution in [0.5, 0.6) is 0 Å². The average molecular weight is 944 g/mol. The molecule has 2 saturated heterocycles. The number of carbonyl (C=O) groups is 1. The number of nitrogens with one attached hydrogen (secondary N) is 1. The highest BCUT2D eigenvalue weighted by atomic mass is 16.7. The fourth-order valence-corrected chi connectivity index (χ4v) is 8.80. The second-order valence-electron chi connectivity index (χ2n) is 19.0. The monoisotopic (exact) mass is 944 g/mol. The Balaban J connectivity index is 1.82. The van der Waals surface area contributed by atoms with Crippen molar-refractivity contribution >= 4 is 5.91 Å². The van der Waals surface area contributed by atoms with Crippen molar-refractivity contribution in [2.24, 2.45) is 0 Å². The molecule has 0 aromatic rings. The number of rotatable bonds is 41. The van der Waals surface area contributed by atoms with Gasteiger partial charge in [0.25, 0.3) is 0 Å². The van der Waals surface area contributed by atoms with E-state index in [-0.39, 0.29) is 18.9 Å². The normalized spacial score (nSPS) is 26.9. The largest absolute Gasteiger partial charge is 0.394 e. The molecule has 0 aromatic carbocycles. The average Bonchev–Trinajstić information content (AvgIpc) is 3.31. The molecule has 2 aliphatic heterocycles. The van der Waals surface area contributed by atoms with Crippen LogP contribution in [0, 0.1) is 0 Å². The Hall–Kier alpha value is -1.53. The second kappa shape index (κ2) is 39.2. The lowest BCUT2D eigenvalue weighted by Crippen LogP contribution is -2.65. The van der Waals surface area contributed by atoms with E-state index in [9.17, 15) is 45.6 Å². The number of unbranched alkanes of at least 4 members (excludes halogenated alkanes) is 24. The lowest BCUT2D eigenvalue weighted by molar-refractivity contribution is -0.359. The topological polar surface area (TPSA) is 228 Å². The van der Waals surface area contributed by atoms with E-state index in [1.54, 1.807) is 0 Å². The molecule has 388 valence electrons. The van der Waals surface area contributed by atoms with Crippen LogP contribution in [0.1, 0.15) is 206 Å². The first-order valence-corrected chi connectivity index (χ1v) is 26.6. The first-order valence-electron chi connectivity index (χ1n) is 26.6. The molecule has 0 radical (unpaired) electrons. The predicted molar refractivity (Wildman–Crippen MR) is 258 cm³/mol. The number of hydrogen-bond acceptors (Lipinski definition) is 13. The van der Waals surface area contributed by atoms with Crippen LogP contribution in [0.15, 0.2) is 24.3 Å². The van der Waals surface area contributed by atoms with Crippen LogP contribution in [-0.2, 0) is 23.7 Å². The Kier molecular flexibility index (Phi) is 36.0. The summed E-state index contributed by atoms with van der Waals surface area (Å²) < 4.78 is 22.8. The van der Waals surface area contributed by atoms with Gasteiger partial charge in [-0.2, -0.15) is 0 Å². The summed E-state index contributed by atoms with van der Waals surface area (Å²) in [5.41, 5.74) is 0. The first-order chi connectivity index (χ1) is 32.1. The minimum atomic E-state index is -1.78. The maximum Gasteiger partial charge on any atom is 0.220 e. The lowest BCUT2D eigenvalue weighted by Gasteiger charge is -2.46. The van der Waals surface area contributed by atoms with Gasteiger partial charge in [-0.1, -0.05) is 179 Å². The van der Waals surface area contributed by atoms with Gasteiger partial charge in [0.1, 0.15) is 48.8 Å². The van der Waals surface area contributed by atoms with E-state index < -0.39 is 86.8 Å². The summed E-state index contributed by atoms with van der Waals surface area (Å²) in [4.78, 5) is 13.2. The Labute approximate surface area is 398 Å². The zero-order chi connectivity index (χ0) is 48.2. The van der Waals surface area contributed by atoms with E-state index in [1.165, 1.54) is 103 Å². The molecule has 2 rings (SSSR count). The molecule has 0 aromatic heterocycles. The van der Waals surface area contributed by atoms with Crippen LogP contribution in [0.4, 0.5) is 0 Å². The van der Waals surface area contributed by atoms with Gasteiger partial charge < -0.3 is 65.1 Å². The van der Waals surface area contributed by atoms with E-state index in [1.807, 2.05) is 0 Å². The molecule has 12 atom stereocenters. The maximum absolute atomic E-state index is 13.2. The number of carbonyl (C=O) groups excluding carboxylic acids is 1. The van der Waals surface area contributed by atoms with Crippen molar-refractivity contribution in [2.45, 2.75) is 280 Å². The number of ether oxygens (including phenoxy) is 4. The van der Waals surface area contributed by atoms with Crippen molar-refractivity contribution < 1.29 is 64.6 Å². The van der Waals surface area contributed by atoms with E-state index in [0.29, 0.717) is 12.8 Å². The van der Waals surface area contributed by atoms with Gasteiger partial charge in [0.2, 0.25) is 5.91 Å². The molecule has 9 N–H and O–H groups in total. The third kappa shape index (κ3) is 25.9. The van der Waals surface area contributed by atoms with Crippen LogP contribution in [-0.4, -0.2) is 140 Å². The summed E-state index contributed by atoms with van der Waals surface area (Å²) >= 11 is 0. The molecule has 0 aliphatic carbocycles. The van der Waals surface area contributed by atoms with Crippen LogP contribution in [0.25, 0.3) is 0 Å². The molecule has 0 spiro atoms. The van der Waals surface area contributed by atoms with Crippen LogP contribution in [0.2, 0.25) is 0 Å². The van der Waals surface area contributed by atoms with Gasteiger partial charge in [0, 0.05) is 6.42 Å². The highest BCUT2D eigenvalue weighted by Crippen LogP contribution is 2.30. The molecule has 2 fully saturated rings. The van der Waals surface area contributed by atoms with E-state index >= 15 is 0 Å². The van der Waals surface area contributed by atoms with Crippen molar-refractivity contribution in [3.8, 4) is 0 Å². The summed E-state index contributed by atoms with van der Waals surface area (Å²) in [7, 11) is 0. The first kappa shape index (κ1) is 60.6. The van der Waals surface area contributed by atoms with Gasteiger partial charge in [-0.05, 0) is 44.9 Å². The molecule has 2 heterocycles.